The SMILES string of the molecule is CC(=O)N(CCNC(=O)c1ccc(Br)cc1)c1ccccc1. The molecule has 2 aromatic carbocycles. The van der Waals surface area contributed by atoms with E-state index in [1.807, 2.05) is 42.5 Å². The zero-order chi connectivity index (χ0) is 15.9. The summed E-state index contributed by atoms with van der Waals surface area (Å²) < 4.78 is 0.927. The number of halogens is 1. The van der Waals surface area contributed by atoms with Crippen molar-refractivity contribution in [1.29, 1.82) is 0 Å². The number of amides is 2. The van der Waals surface area contributed by atoms with Gasteiger partial charge in [0.2, 0.25) is 5.91 Å². The van der Waals surface area contributed by atoms with Gasteiger partial charge in [0.25, 0.3) is 5.91 Å². The predicted octanol–water partition coefficient (Wildman–Crippen LogP) is 3.23. The number of carbonyl (C=O) groups is 2. The number of hydrogen-bond donors (Lipinski definition) is 1. The van der Waals surface area contributed by atoms with E-state index in [2.05, 4.69) is 21.2 Å². The molecular weight excluding hydrogens is 344 g/mol. The molecule has 0 heterocycles. The maximum absolute atomic E-state index is 12.0. The summed E-state index contributed by atoms with van der Waals surface area (Å²) in [5, 5.41) is 2.83. The molecule has 0 aromatic heterocycles. The van der Waals surface area contributed by atoms with E-state index in [4.69, 9.17) is 0 Å². The van der Waals surface area contributed by atoms with Gasteiger partial charge in [-0.3, -0.25) is 9.59 Å². The third kappa shape index (κ3) is 4.43. The number of hydrogen-bond acceptors (Lipinski definition) is 2. The van der Waals surface area contributed by atoms with Crippen molar-refractivity contribution in [3.63, 3.8) is 0 Å². The number of rotatable bonds is 5. The maximum atomic E-state index is 12.0. The summed E-state index contributed by atoms with van der Waals surface area (Å²) in [6.07, 6.45) is 0. The average molecular weight is 361 g/mol. The lowest BCUT2D eigenvalue weighted by molar-refractivity contribution is -0.116. The maximum Gasteiger partial charge on any atom is 0.251 e. The highest BCUT2D eigenvalue weighted by molar-refractivity contribution is 9.10. The van der Waals surface area contributed by atoms with Crippen LogP contribution in [0.25, 0.3) is 0 Å². The Balaban J connectivity index is 1.92. The van der Waals surface area contributed by atoms with E-state index in [-0.39, 0.29) is 11.8 Å². The molecule has 0 unspecified atom stereocenters. The second kappa shape index (κ2) is 7.75. The van der Waals surface area contributed by atoms with E-state index in [0.717, 1.165) is 10.2 Å². The molecule has 0 bridgehead atoms. The lowest BCUT2D eigenvalue weighted by Crippen LogP contribution is -2.37. The molecule has 0 saturated carbocycles. The van der Waals surface area contributed by atoms with Crippen LogP contribution in [0.15, 0.2) is 59.1 Å². The molecule has 2 rings (SSSR count). The van der Waals surface area contributed by atoms with Crippen LogP contribution in [0.1, 0.15) is 17.3 Å². The molecular formula is C17H17BrN2O2. The number of nitrogens with one attached hydrogen (secondary N) is 1. The number of carbonyl (C=O) groups excluding carboxylic acids is 2. The van der Waals surface area contributed by atoms with Crippen molar-refractivity contribution < 1.29 is 9.59 Å². The largest absolute Gasteiger partial charge is 0.350 e. The monoisotopic (exact) mass is 360 g/mol. The quantitative estimate of drug-likeness (QED) is 0.889. The van der Waals surface area contributed by atoms with Crippen LogP contribution in [-0.2, 0) is 4.79 Å². The van der Waals surface area contributed by atoms with Gasteiger partial charge in [-0.15, -0.1) is 0 Å². The van der Waals surface area contributed by atoms with Crippen LogP contribution in [0.2, 0.25) is 0 Å². The standard InChI is InChI=1S/C17H17BrN2O2/c1-13(21)20(16-5-3-2-4-6-16)12-11-19-17(22)14-7-9-15(18)10-8-14/h2-10H,11-12H2,1H3,(H,19,22). The first-order valence-corrected chi connectivity index (χ1v) is 7.74. The molecule has 0 saturated heterocycles. The third-order valence-corrected chi connectivity index (χ3v) is 3.70. The topological polar surface area (TPSA) is 49.4 Å². The Morgan fingerprint density at radius 1 is 1.05 bits per heavy atom. The van der Waals surface area contributed by atoms with Gasteiger partial charge in [0, 0.05) is 35.7 Å². The van der Waals surface area contributed by atoms with Gasteiger partial charge in [-0.25, -0.2) is 0 Å². The highest BCUT2D eigenvalue weighted by Crippen LogP contribution is 2.13. The van der Waals surface area contributed by atoms with Crippen molar-refractivity contribution in [2.24, 2.45) is 0 Å². The summed E-state index contributed by atoms with van der Waals surface area (Å²) in [7, 11) is 0. The van der Waals surface area contributed by atoms with Gasteiger partial charge in [0.1, 0.15) is 0 Å². The summed E-state index contributed by atoms with van der Waals surface area (Å²) in [4.78, 5) is 25.4. The summed E-state index contributed by atoms with van der Waals surface area (Å²) in [6, 6.07) is 16.5. The van der Waals surface area contributed by atoms with Crippen molar-refractivity contribution in [2.45, 2.75) is 6.92 Å². The van der Waals surface area contributed by atoms with Crippen molar-refractivity contribution >= 4 is 33.4 Å². The van der Waals surface area contributed by atoms with Gasteiger partial charge < -0.3 is 10.2 Å². The Morgan fingerprint density at radius 2 is 1.68 bits per heavy atom. The molecule has 22 heavy (non-hydrogen) atoms. The Hall–Kier alpha value is -2.14. The normalized spacial score (nSPS) is 10.1. The molecule has 114 valence electrons. The molecule has 0 atom stereocenters. The molecule has 0 aliphatic rings. The predicted molar refractivity (Wildman–Crippen MR) is 90.9 cm³/mol. The van der Waals surface area contributed by atoms with Gasteiger partial charge in [-0.2, -0.15) is 0 Å². The van der Waals surface area contributed by atoms with Crippen molar-refractivity contribution in [1.82, 2.24) is 5.32 Å². The van der Waals surface area contributed by atoms with Crippen LogP contribution < -0.4 is 10.2 Å². The van der Waals surface area contributed by atoms with Crippen LogP contribution in [-0.4, -0.2) is 24.9 Å². The summed E-state index contributed by atoms with van der Waals surface area (Å²) in [6.45, 7) is 2.34. The molecule has 2 aromatic rings. The molecule has 1 N–H and O–H groups in total. The molecule has 0 aliphatic carbocycles. The molecule has 0 fully saturated rings. The Bertz CT molecular complexity index is 641. The lowest BCUT2D eigenvalue weighted by atomic mass is 10.2. The third-order valence-electron chi connectivity index (χ3n) is 3.18. The van der Waals surface area contributed by atoms with E-state index in [1.54, 1.807) is 17.0 Å². The van der Waals surface area contributed by atoms with Crippen molar-refractivity contribution in [3.05, 3.63) is 64.6 Å². The first-order chi connectivity index (χ1) is 10.6. The van der Waals surface area contributed by atoms with Gasteiger partial charge >= 0.3 is 0 Å². The highest BCUT2D eigenvalue weighted by atomic mass is 79.9. The van der Waals surface area contributed by atoms with Crippen molar-refractivity contribution in [3.8, 4) is 0 Å². The molecule has 0 spiro atoms. The minimum atomic E-state index is -0.149. The van der Waals surface area contributed by atoms with Gasteiger partial charge in [0.05, 0.1) is 0 Å². The van der Waals surface area contributed by atoms with Crippen molar-refractivity contribution in [2.75, 3.05) is 18.0 Å². The smallest absolute Gasteiger partial charge is 0.251 e. The second-order valence-electron chi connectivity index (χ2n) is 4.77. The first kappa shape index (κ1) is 16.2. The number of nitrogens with zero attached hydrogens (tertiary/aromatic N) is 1. The van der Waals surface area contributed by atoms with Gasteiger partial charge in [0.15, 0.2) is 0 Å². The van der Waals surface area contributed by atoms with E-state index >= 15 is 0 Å². The van der Waals surface area contributed by atoms with Gasteiger partial charge in [-0.1, -0.05) is 34.1 Å². The number of benzene rings is 2. The van der Waals surface area contributed by atoms with Crippen LogP contribution in [0, 0.1) is 0 Å². The summed E-state index contributed by atoms with van der Waals surface area (Å²) in [5.74, 6) is -0.201. The Morgan fingerprint density at radius 3 is 2.27 bits per heavy atom. The van der Waals surface area contributed by atoms with E-state index in [1.165, 1.54) is 6.92 Å². The molecule has 5 heteroatoms. The molecule has 2 amide bonds. The summed E-state index contributed by atoms with van der Waals surface area (Å²) >= 11 is 3.33. The zero-order valence-electron chi connectivity index (χ0n) is 12.3. The fourth-order valence-electron chi connectivity index (χ4n) is 2.06. The van der Waals surface area contributed by atoms with Gasteiger partial charge in [-0.05, 0) is 36.4 Å². The molecule has 0 radical (unpaired) electrons. The minimum Gasteiger partial charge on any atom is -0.350 e. The van der Waals surface area contributed by atoms with Crippen LogP contribution in [0.5, 0.6) is 0 Å². The van der Waals surface area contributed by atoms with Crippen LogP contribution in [0.3, 0.4) is 0 Å². The van der Waals surface area contributed by atoms with Crippen LogP contribution >= 0.6 is 15.9 Å². The molecule has 0 aliphatic heterocycles. The van der Waals surface area contributed by atoms with E-state index in [9.17, 15) is 9.59 Å². The minimum absolute atomic E-state index is 0.0518. The van der Waals surface area contributed by atoms with E-state index < -0.39 is 0 Å². The Labute approximate surface area is 138 Å². The Kier molecular flexibility index (Phi) is 5.72. The lowest BCUT2D eigenvalue weighted by Gasteiger charge is -2.21. The molecule has 4 nitrogen and oxygen atoms in total. The number of para-hydroxylation sites is 1. The van der Waals surface area contributed by atoms with Crippen LogP contribution in [0.4, 0.5) is 5.69 Å². The first-order valence-electron chi connectivity index (χ1n) is 6.95. The second-order valence-corrected chi connectivity index (χ2v) is 5.68. The fraction of sp³-hybridized carbons (Fsp3) is 0.176. The summed E-state index contributed by atoms with van der Waals surface area (Å²) in [5.41, 5.74) is 1.42. The average Bonchev–Trinajstić information content (AvgIpc) is 2.52. The number of anilines is 1. The zero-order valence-corrected chi connectivity index (χ0v) is 13.8. The fourth-order valence-corrected chi connectivity index (χ4v) is 2.33. The van der Waals surface area contributed by atoms with E-state index in [0.29, 0.717) is 18.7 Å². The highest BCUT2D eigenvalue weighted by Gasteiger charge is 2.11.